The molecule has 1 aromatic heterocycles. The SMILES string of the molecule is CC[C@@H](C)OC(=O)C1=C(C)NC(C)=C(C(C)=O)[C@H]1c1cccc2c(=O)cc(C)oc12. The Morgan fingerprint density at radius 1 is 1.17 bits per heavy atom. The Kier molecular flexibility index (Phi) is 5.97. The van der Waals surface area contributed by atoms with Crippen molar-refractivity contribution < 1.29 is 18.7 Å². The highest BCUT2D eigenvalue weighted by Crippen LogP contribution is 2.41. The molecule has 0 aliphatic carbocycles. The van der Waals surface area contributed by atoms with Gasteiger partial charge in [0.25, 0.3) is 0 Å². The van der Waals surface area contributed by atoms with Crippen molar-refractivity contribution in [2.75, 3.05) is 0 Å². The van der Waals surface area contributed by atoms with E-state index >= 15 is 0 Å². The van der Waals surface area contributed by atoms with Crippen molar-refractivity contribution in [1.29, 1.82) is 0 Å². The van der Waals surface area contributed by atoms with Crippen LogP contribution in [0.4, 0.5) is 0 Å². The zero-order chi connectivity index (χ0) is 22.2. The molecule has 6 heteroatoms. The molecule has 2 aromatic rings. The maximum Gasteiger partial charge on any atom is 0.337 e. The number of Topliss-reactive ketones (excluding diaryl/α,β-unsaturated/α-hetero) is 1. The van der Waals surface area contributed by atoms with Crippen LogP contribution in [0.1, 0.15) is 58.3 Å². The predicted molar refractivity (Wildman–Crippen MR) is 115 cm³/mol. The number of hydrogen-bond donors (Lipinski definition) is 1. The summed E-state index contributed by atoms with van der Waals surface area (Å²) < 4.78 is 11.5. The van der Waals surface area contributed by atoms with Gasteiger partial charge < -0.3 is 14.5 Å². The first-order valence-corrected chi connectivity index (χ1v) is 10.1. The number of carbonyl (C=O) groups excluding carboxylic acids is 2. The van der Waals surface area contributed by atoms with Crippen molar-refractivity contribution in [2.45, 2.75) is 60.0 Å². The van der Waals surface area contributed by atoms with E-state index in [4.69, 9.17) is 9.15 Å². The summed E-state index contributed by atoms with van der Waals surface area (Å²) >= 11 is 0. The van der Waals surface area contributed by atoms with Gasteiger partial charge in [0, 0.05) is 28.6 Å². The number of ether oxygens (including phenoxy) is 1. The van der Waals surface area contributed by atoms with E-state index in [1.807, 2.05) is 13.8 Å². The van der Waals surface area contributed by atoms with Gasteiger partial charge in [-0.1, -0.05) is 19.1 Å². The lowest BCUT2D eigenvalue weighted by Gasteiger charge is -2.31. The quantitative estimate of drug-likeness (QED) is 0.743. The van der Waals surface area contributed by atoms with Crippen LogP contribution in [0.5, 0.6) is 0 Å². The molecule has 1 aromatic carbocycles. The van der Waals surface area contributed by atoms with E-state index in [1.165, 1.54) is 13.0 Å². The monoisotopic (exact) mass is 409 g/mol. The van der Waals surface area contributed by atoms with Crippen LogP contribution < -0.4 is 10.7 Å². The van der Waals surface area contributed by atoms with Gasteiger partial charge >= 0.3 is 5.97 Å². The molecule has 0 amide bonds. The highest BCUT2D eigenvalue weighted by molar-refractivity contribution is 6.03. The minimum absolute atomic E-state index is 0.168. The minimum Gasteiger partial charge on any atom is -0.461 e. The summed E-state index contributed by atoms with van der Waals surface area (Å²) in [4.78, 5) is 38.3. The van der Waals surface area contributed by atoms with Crippen LogP contribution in [0.3, 0.4) is 0 Å². The molecule has 0 spiro atoms. The first-order chi connectivity index (χ1) is 14.1. The van der Waals surface area contributed by atoms with Gasteiger partial charge in [-0.15, -0.1) is 0 Å². The lowest BCUT2D eigenvalue weighted by atomic mass is 9.78. The molecule has 0 saturated carbocycles. The second kappa shape index (κ2) is 8.30. The third kappa shape index (κ3) is 3.82. The Hall–Kier alpha value is -3.15. The van der Waals surface area contributed by atoms with Crippen LogP contribution in [0.2, 0.25) is 0 Å². The van der Waals surface area contributed by atoms with Gasteiger partial charge in [-0.2, -0.15) is 0 Å². The Bertz CT molecular complexity index is 1150. The van der Waals surface area contributed by atoms with Crippen molar-refractivity contribution in [1.82, 2.24) is 5.32 Å². The van der Waals surface area contributed by atoms with E-state index < -0.39 is 11.9 Å². The maximum atomic E-state index is 13.2. The molecular weight excluding hydrogens is 382 g/mol. The molecule has 6 nitrogen and oxygen atoms in total. The van der Waals surface area contributed by atoms with Crippen molar-refractivity contribution in [3.05, 3.63) is 68.4 Å². The molecule has 0 radical (unpaired) electrons. The van der Waals surface area contributed by atoms with Gasteiger partial charge in [-0.05, 0) is 47.1 Å². The number of hydrogen-bond acceptors (Lipinski definition) is 6. The summed E-state index contributed by atoms with van der Waals surface area (Å²) in [5.41, 5.74) is 2.88. The number of nitrogens with one attached hydrogen (secondary N) is 1. The van der Waals surface area contributed by atoms with E-state index in [-0.39, 0.29) is 17.3 Å². The first-order valence-electron chi connectivity index (χ1n) is 10.1. The number of ketones is 1. The van der Waals surface area contributed by atoms with E-state index in [0.29, 0.717) is 51.3 Å². The standard InChI is InChI=1S/C24H27NO5/c1-7-12(2)30-24(28)21-15(5)25-14(4)20(16(6)26)22(21)18-10-8-9-17-19(27)11-13(3)29-23(17)18/h8-12,22,25H,7H2,1-6H3/t12-,22-/m1/s1. The molecule has 1 aliphatic rings. The molecule has 0 unspecified atom stereocenters. The van der Waals surface area contributed by atoms with Gasteiger partial charge in [-0.25, -0.2) is 4.79 Å². The largest absolute Gasteiger partial charge is 0.461 e. The minimum atomic E-state index is -0.700. The van der Waals surface area contributed by atoms with Crippen LogP contribution in [0.15, 0.2) is 56.0 Å². The van der Waals surface area contributed by atoms with Crippen LogP contribution in [-0.4, -0.2) is 17.9 Å². The number of rotatable bonds is 5. The molecule has 2 heterocycles. The van der Waals surface area contributed by atoms with E-state index in [2.05, 4.69) is 5.32 Å². The van der Waals surface area contributed by atoms with Crippen molar-refractivity contribution in [3.8, 4) is 0 Å². The van der Waals surface area contributed by atoms with E-state index in [1.54, 1.807) is 39.0 Å². The normalized spacial score (nSPS) is 17.7. The average molecular weight is 409 g/mol. The average Bonchev–Trinajstić information content (AvgIpc) is 2.66. The number of esters is 1. The summed E-state index contributed by atoms with van der Waals surface area (Å²) in [6, 6.07) is 6.65. The van der Waals surface area contributed by atoms with Crippen LogP contribution in [0.25, 0.3) is 11.0 Å². The van der Waals surface area contributed by atoms with Gasteiger partial charge in [-0.3, -0.25) is 9.59 Å². The Labute approximate surface area is 175 Å². The summed E-state index contributed by atoms with van der Waals surface area (Å²) in [6.45, 7) is 10.5. The predicted octanol–water partition coefficient (Wildman–Crippen LogP) is 4.27. The topological polar surface area (TPSA) is 85.6 Å². The lowest BCUT2D eigenvalue weighted by molar-refractivity contribution is -0.143. The highest BCUT2D eigenvalue weighted by atomic mass is 16.5. The first kappa shape index (κ1) is 21.6. The van der Waals surface area contributed by atoms with Crippen LogP contribution in [-0.2, 0) is 14.3 Å². The number of benzene rings is 1. The second-order valence-corrected chi connectivity index (χ2v) is 7.76. The van der Waals surface area contributed by atoms with Crippen molar-refractivity contribution in [2.24, 2.45) is 0 Å². The van der Waals surface area contributed by atoms with Gasteiger partial charge in [0.15, 0.2) is 11.2 Å². The van der Waals surface area contributed by atoms with E-state index in [0.717, 1.165) is 0 Å². The number of para-hydroxylation sites is 1. The summed E-state index contributed by atoms with van der Waals surface area (Å²) in [7, 11) is 0. The number of aryl methyl sites for hydroxylation is 1. The van der Waals surface area contributed by atoms with Crippen LogP contribution >= 0.6 is 0 Å². The van der Waals surface area contributed by atoms with Gasteiger partial charge in [0.1, 0.15) is 11.3 Å². The fourth-order valence-corrected chi connectivity index (χ4v) is 3.92. The molecule has 30 heavy (non-hydrogen) atoms. The summed E-state index contributed by atoms with van der Waals surface area (Å²) in [5, 5.41) is 3.56. The molecule has 0 fully saturated rings. The van der Waals surface area contributed by atoms with Crippen molar-refractivity contribution >= 4 is 22.7 Å². The molecule has 0 bridgehead atoms. The third-order valence-electron chi connectivity index (χ3n) is 5.46. The Balaban J connectivity index is 2.32. The van der Waals surface area contributed by atoms with Crippen LogP contribution in [0, 0.1) is 6.92 Å². The molecular formula is C24H27NO5. The third-order valence-corrected chi connectivity index (χ3v) is 5.46. The molecule has 1 aliphatic heterocycles. The second-order valence-electron chi connectivity index (χ2n) is 7.76. The highest BCUT2D eigenvalue weighted by Gasteiger charge is 2.37. The summed E-state index contributed by atoms with van der Waals surface area (Å²) in [6.07, 6.45) is 0.409. The Morgan fingerprint density at radius 2 is 1.83 bits per heavy atom. The smallest absolute Gasteiger partial charge is 0.337 e. The molecule has 1 N–H and O–H groups in total. The molecule has 0 saturated heterocycles. The summed E-state index contributed by atoms with van der Waals surface area (Å²) in [5.74, 6) is -0.895. The molecule has 158 valence electrons. The van der Waals surface area contributed by atoms with E-state index in [9.17, 15) is 14.4 Å². The van der Waals surface area contributed by atoms with Crippen molar-refractivity contribution in [3.63, 3.8) is 0 Å². The maximum absolute atomic E-state index is 13.2. The van der Waals surface area contributed by atoms with Gasteiger partial charge in [0.2, 0.25) is 0 Å². The number of allylic oxidation sites excluding steroid dienone is 3. The molecule has 2 atom stereocenters. The zero-order valence-corrected chi connectivity index (χ0v) is 18.2. The molecule has 3 rings (SSSR count). The zero-order valence-electron chi connectivity index (χ0n) is 18.2. The number of carbonyl (C=O) groups is 2. The fourth-order valence-electron chi connectivity index (χ4n) is 3.92. The van der Waals surface area contributed by atoms with Gasteiger partial charge in [0.05, 0.1) is 23.0 Å². The fraction of sp³-hybridized carbons (Fsp3) is 0.375. The number of fused-ring (bicyclic) bond motifs is 1. The Morgan fingerprint density at radius 3 is 2.47 bits per heavy atom. The number of dihydropyridines is 1. The lowest BCUT2D eigenvalue weighted by Crippen LogP contribution is -2.32.